The summed E-state index contributed by atoms with van der Waals surface area (Å²) < 4.78 is 5.58. The first-order chi connectivity index (χ1) is 14.1. The minimum Gasteiger partial charge on any atom is -0.484 e. The summed E-state index contributed by atoms with van der Waals surface area (Å²) in [5.74, 6) is 1.45. The summed E-state index contributed by atoms with van der Waals surface area (Å²) in [5, 5.41) is 0. The molecule has 2 aromatic rings. The van der Waals surface area contributed by atoms with Crippen molar-refractivity contribution in [1.29, 1.82) is 0 Å². The van der Waals surface area contributed by atoms with E-state index in [9.17, 15) is 9.59 Å². The molecule has 2 aliphatic heterocycles. The first kappa shape index (κ1) is 19.4. The van der Waals surface area contributed by atoms with Crippen LogP contribution in [0, 0.1) is 0 Å². The van der Waals surface area contributed by atoms with Crippen molar-refractivity contribution in [2.75, 3.05) is 19.7 Å². The Balaban J connectivity index is 1.41. The number of carbonyl (C=O) groups excluding carboxylic acids is 2. The van der Waals surface area contributed by atoms with Gasteiger partial charge in [0.15, 0.2) is 12.4 Å². The lowest BCUT2D eigenvalue weighted by Crippen LogP contribution is -2.40. The van der Waals surface area contributed by atoms with Gasteiger partial charge >= 0.3 is 0 Å². The van der Waals surface area contributed by atoms with Gasteiger partial charge in [-0.05, 0) is 31.4 Å². The third-order valence-electron chi connectivity index (χ3n) is 5.62. The van der Waals surface area contributed by atoms with Gasteiger partial charge in [0.05, 0.1) is 11.7 Å². The minimum atomic E-state index is -0.0429. The molecule has 2 aliphatic rings. The van der Waals surface area contributed by atoms with Crippen LogP contribution in [-0.4, -0.2) is 51.3 Å². The van der Waals surface area contributed by atoms with Crippen molar-refractivity contribution < 1.29 is 14.3 Å². The van der Waals surface area contributed by atoms with Crippen molar-refractivity contribution in [3.05, 3.63) is 53.6 Å². The molecule has 0 aliphatic carbocycles. The van der Waals surface area contributed by atoms with Crippen LogP contribution in [0.25, 0.3) is 0 Å². The maximum atomic E-state index is 12.5. The summed E-state index contributed by atoms with van der Waals surface area (Å²) in [7, 11) is 0. The van der Waals surface area contributed by atoms with Crippen molar-refractivity contribution in [1.82, 2.24) is 19.8 Å². The molecule has 152 valence electrons. The number of aromatic nitrogens is 2. The van der Waals surface area contributed by atoms with Crippen LogP contribution < -0.4 is 4.74 Å². The quantitative estimate of drug-likeness (QED) is 0.797. The van der Waals surface area contributed by atoms with Crippen LogP contribution in [0.2, 0.25) is 0 Å². The van der Waals surface area contributed by atoms with Crippen LogP contribution in [0.1, 0.15) is 49.3 Å². The van der Waals surface area contributed by atoms with E-state index in [1.165, 1.54) is 0 Å². The summed E-state index contributed by atoms with van der Waals surface area (Å²) in [6.45, 7) is 3.50. The molecule has 0 spiro atoms. The predicted octanol–water partition coefficient (Wildman–Crippen LogP) is 2.51. The zero-order valence-electron chi connectivity index (χ0n) is 16.7. The number of fused-ring (bicyclic) bond motifs is 1. The summed E-state index contributed by atoms with van der Waals surface area (Å²) in [4.78, 5) is 37.5. The number of amides is 2. The topological polar surface area (TPSA) is 75.6 Å². The van der Waals surface area contributed by atoms with Gasteiger partial charge in [-0.25, -0.2) is 9.97 Å². The Morgan fingerprint density at radius 3 is 2.79 bits per heavy atom. The van der Waals surface area contributed by atoms with Crippen LogP contribution in [0.3, 0.4) is 0 Å². The molecule has 1 aromatic heterocycles. The van der Waals surface area contributed by atoms with Gasteiger partial charge in [-0.3, -0.25) is 9.59 Å². The number of likely N-dealkylation sites (tertiary alicyclic amines) is 1. The molecule has 0 unspecified atom stereocenters. The minimum absolute atomic E-state index is 0.0218. The zero-order chi connectivity index (χ0) is 20.2. The fraction of sp³-hybridized carbons (Fsp3) is 0.455. The highest BCUT2D eigenvalue weighted by Crippen LogP contribution is 2.30. The first-order valence-corrected chi connectivity index (χ1v) is 10.2. The second kappa shape index (κ2) is 8.59. The molecular formula is C22H26N4O3. The van der Waals surface area contributed by atoms with E-state index in [0.29, 0.717) is 25.3 Å². The van der Waals surface area contributed by atoms with E-state index < -0.39 is 0 Å². The van der Waals surface area contributed by atoms with Crippen molar-refractivity contribution in [3.63, 3.8) is 0 Å². The Hall–Kier alpha value is -2.96. The molecule has 3 heterocycles. The molecule has 1 aromatic carbocycles. The molecule has 0 radical (unpaired) electrons. The molecule has 7 nitrogen and oxygen atoms in total. The predicted molar refractivity (Wildman–Crippen MR) is 107 cm³/mol. The van der Waals surface area contributed by atoms with E-state index in [2.05, 4.69) is 4.98 Å². The molecule has 7 heteroatoms. The highest BCUT2D eigenvalue weighted by molar-refractivity contribution is 5.78. The number of para-hydroxylation sites is 1. The Morgan fingerprint density at radius 1 is 1.17 bits per heavy atom. The van der Waals surface area contributed by atoms with Gasteiger partial charge in [0.2, 0.25) is 5.91 Å². The lowest BCUT2D eigenvalue weighted by atomic mass is 10.0. The number of carbonyl (C=O) groups is 2. The number of piperidine rings is 1. The Labute approximate surface area is 170 Å². The SMILES string of the molecule is CC(=O)N1CCCC[C@@H]1c1ncc2c(n1)CCN(C(=O)COc1ccccc1)C2. The van der Waals surface area contributed by atoms with Gasteiger partial charge in [-0.1, -0.05) is 18.2 Å². The third kappa shape index (κ3) is 4.39. The Kier molecular flexibility index (Phi) is 5.74. The number of ether oxygens (including phenoxy) is 1. The summed E-state index contributed by atoms with van der Waals surface area (Å²) in [6, 6.07) is 9.31. The smallest absolute Gasteiger partial charge is 0.260 e. The molecule has 0 bridgehead atoms. The highest BCUT2D eigenvalue weighted by Gasteiger charge is 2.30. The van der Waals surface area contributed by atoms with Crippen LogP contribution in [0.5, 0.6) is 5.75 Å². The van der Waals surface area contributed by atoms with Gasteiger partial charge in [-0.15, -0.1) is 0 Å². The Bertz CT molecular complexity index is 887. The lowest BCUT2D eigenvalue weighted by Gasteiger charge is -2.35. The molecule has 1 fully saturated rings. The average Bonchev–Trinajstić information content (AvgIpc) is 2.77. The van der Waals surface area contributed by atoms with E-state index in [-0.39, 0.29) is 24.5 Å². The van der Waals surface area contributed by atoms with E-state index >= 15 is 0 Å². The molecule has 0 saturated carbocycles. The van der Waals surface area contributed by atoms with Crippen LogP contribution in [0.15, 0.2) is 36.5 Å². The number of hydrogen-bond donors (Lipinski definition) is 0. The van der Waals surface area contributed by atoms with Crippen molar-refractivity contribution in [3.8, 4) is 5.75 Å². The van der Waals surface area contributed by atoms with Gasteiger partial charge in [0.25, 0.3) is 5.91 Å². The molecule has 0 N–H and O–H groups in total. The van der Waals surface area contributed by atoms with Gasteiger partial charge < -0.3 is 14.5 Å². The fourth-order valence-electron chi connectivity index (χ4n) is 4.03. The molecule has 1 atom stereocenters. The molecule has 29 heavy (non-hydrogen) atoms. The normalized spacial score (nSPS) is 18.9. The standard InChI is InChI=1S/C22H26N4O3/c1-16(27)26-11-6-5-9-20(26)22-23-13-17-14-25(12-10-19(17)24-22)21(28)15-29-18-7-3-2-4-8-18/h2-4,7-8,13,20H,5-6,9-12,14-15H2,1H3/t20-/m1/s1. The summed E-state index contributed by atoms with van der Waals surface area (Å²) >= 11 is 0. The van der Waals surface area contributed by atoms with Gasteiger partial charge in [-0.2, -0.15) is 0 Å². The maximum absolute atomic E-state index is 12.5. The van der Waals surface area contributed by atoms with Crippen molar-refractivity contribution >= 4 is 11.8 Å². The Morgan fingerprint density at radius 2 is 2.00 bits per heavy atom. The first-order valence-electron chi connectivity index (χ1n) is 10.2. The largest absolute Gasteiger partial charge is 0.484 e. The van der Waals surface area contributed by atoms with Gasteiger partial charge in [0, 0.05) is 44.7 Å². The fourth-order valence-corrected chi connectivity index (χ4v) is 4.03. The van der Waals surface area contributed by atoms with Crippen molar-refractivity contribution in [2.24, 2.45) is 0 Å². The second-order valence-corrected chi connectivity index (χ2v) is 7.59. The summed E-state index contributed by atoms with van der Waals surface area (Å²) in [6.07, 6.45) is 5.53. The van der Waals surface area contributed by atoms with Crippen LogP contribution in [0.4, 0.5) is 0 Å². The zero-order valence-corrected chi connectivity index (χ0v) is 16.7. The maximum Gasteiger partial charge on any atom is 0.260 e. The number of benzene rings is 1. The second-order valence-electron chi connectivity index (χ2n) is 7.59. The molecule has 1 saturated heterocycles. The number of hydrogen-bond acceptors (Lipinski definition) is 5. The van der Waals surface area contributed by atoms with Crippen molar-refractivity contribution in [2.45, 2.75) is 45.2 Å². The van der Waals surface area contributed by atoms with E-state index in [0.717, 1.165) is 42.9 Å². The van der Waals surface area contributed by atoms with E-state index in [1.54, 1.807) is 11.8 Å². The third-order valence-corrected chi connectivity index (χ3v) is 5.62. The average molecular weight is 394 g/mol. The number of nitrogens with zero attached hydrogens (tertiary/aromatic N) is 4. The monoisotopic (exact) mass is 394 g/mol. The number of rotatable bonds is 4. The lowest BCUT2D eigenvalue weighted by molar-refractivity contribution is -0.134. The van der Waals surface area contributed by atoms with E-state index in [4.69, 9.17) is 9.72 Å². The molecular weight excluding hydrogens is 368 g/mol. The van der Waals surface area contributed by atoms with Crippen LogP contribution >= 0.6 is 0 Å². The highest BCUT2D eigenvalue weighted by atomic mass is 16.5. The van der Waals surface area contributed by atoms with Gasteiger partial charge in [0.1, 0.15) is 5.75 Å². The molecule has 4 rings (SSSR count). The van der Waals surface area contributed by atoms with E-state index in [1.807, 2.05) is 41.4 Å². The van der Waals surface area contributed by atoms with Crippen LogP contribution in [-0.2, 0) is 22.6 Å². The molecule has 2 amide bonds. The summed E-state index contributed by atoms with van der Waals surface area (Å²) in [5.41, 5.74) is 1.95.